The third-order valence-electron chi connectivity index (χ3n) is 3.80. The zero-order valence-corrected chi connectivity index (χ0v) is 15.5. The van der Waals surface area contributed by atoms with Gasteiger partial charge in [0.2, 0.25) is 5.91 Å². The molecule has 2 aromatic heterocycles. The number of fused-ring (bicyclic) bond motifs is 1. The van der Waals surface area contributed by atoms with Crippen molar-refractivity contribution in [1.82, 2.24) is 9.97 Å². The van der Waals surface area contributed by atoms with Gasteiger partial charge in [-0.15, -0.1) is 0 Å². The van der Waals surface area contributed by atoms with Crippen molar-refractivity contribution in [3.05, 3.63) is 53.9 Å². The number of hydrogen-bond acceptors (Lipinski definition) is 5. The number of nitrogens with zero attached hydrogens (tertiary/aromatic N) is 3. The molecule has 0 aliphatic rings. The first-order valence-corrected chi connectivity index (χ1v) is 9.41. The van der Waals surface area contributed by atoms with Gasteiger partial charge in [-0.25, -0.2) is 18.4 Å². The molecule has 2 heterocycles. The monoisotopic (exact) mass is 390 g/mol. The summed E-state index contributed by atoms with van der Waals surface area (Å²) in [4.78, 5) is 20.9. The summed E-state index contributed by atoms with van der Waals surface area (Å²) in [7, 11) is -2.28. The van der Waals surface area contributed by atoms with Gasteiger partial charge in [-0.2, -0.15) is 0 Å². The number of sulfonamides is 1. The average molecular weight is 391 g/mol. The summed E-state index contributed by atoms with van der Waals surface area (Å²) in [6.07, 6.45) is 2.87. The Bertz CT molecular complexity index is 1080. The lowest BCUT2D eigenvalue weighted by Crippen LogP contribution is -2.23. The Hall–Kier alpha value is -2.71. The van der Waals surface area contributed by atoms with Gasteiger partial charge >= 0.3 is 0 Å². The molecule has 0 bridgehead atoms. The highest BCUT2D eigenvalue weighted by atomic mass is 35.5. The lowest BCUT2D eigenvalue weighted by Gasteiger charge is -2.14. The van der Waals surface area contributed by atoms with Crippen molar-refractivity contribution in [3.63, 3.8) is 0 Å². The minimum Gasteiger partial charge on any atom is -0.300 e. The van der Waals surface area contributed by atoms with Crippen LogP contribution < -0.4 is 9.62 Å². The van der Waals surface area contributed by atoms with Crippen molar-refractivity contribution in [2.75, 3.05) is 16.7 Å². The number of carbonyl (C=O) groups excluding carboxylic acids is 1. The van der Waals surface area contributed by atoms with Crippen molar-refractivity contribution in [3.8, 4) is 0 Å². The topological polar surface area (TPSA) is 92.3 Å². The van der Waals surface area contributed by atoms with Gasteiger partial charge in [-0.1, -0.05) is 23.7 Å². The largest absolute Gasteiger partial charge is 0.300 e. The quantitative estimate of drug-likeness (QED) is 0.691. The molecule has 0 radical (unpaired) electrons. The molecule has 1 amide bonds. The average Bonchev–Trinajstić information content (AvgIpc) is 2.60. The van der Waals surface area contributed by atoms with E-state index in [9.17, 15) is 13.2 Å². The Morgan fingerprint density at radius 2 is 1.92 bits per heavy atom. The summed E-state index contributed by atoms with van der Waals surface area (Å²) in [5, 5.41) is 1.34. The summed E-state index contributed by atoms with van der Waals surface area (Å²) < 4.78 is 28.1. The first-order chi connectivity index (χ1) is 12.3. The summed E-state index contributed by atoms with van der Waals surface area (Å²) in [5.41, 5.74) is 0.280. The predicted molar refractivity (Wildman–Crippen MR) is 101 cm³/mol. The van der Waals surface area contributed by atoms with Gasteiger partial charge in [0.15, 0.2) is 0 Å². The first kappa shape index (κ1) is 18.1. The van der Waals surface area contributed by atoms with Gasteiger partial charge in [0.05, 0.1) is 16.8 Å². The summed E-state index contributed by atoms with van der Waals surface area (Å²) in [5.74, 6) is 0.246. The van der Waals surface area contributed by atoms with E-state index in [1.807, 2.05) is 0 Å². The number of carbonyl (C=O) groups is 1. The van der Waals surface area contributed by atoms with E-state index in [-0.39, 0.29) is 21.6 Å². The van der Waals surface area contributed by atoms with Crippen LogP contribution in [0, 0.1) is 0 Å². The molecule has 0 spiro atoms. The molecule has 0 saturated carbocycles. The van der Waals surface area contributed by atoms with E-state index in [0.29, 0.717) is 16.6 Å². The lowest BCUT2D eigenvalue weighted by atomic mass is 10.2. The number of nitrogens with one attached hydrogen (secondary N) is 1. The lowest BCUT2D eigenvalue weighted by molar-refractivity contribution is -0.116. The Morgan fingerprint density at radius 3 is 2.58 bits per heavy atom. The molecule has 0 atom stereocenters. The molecular formula is C17H15ClN4O3S. The molecule has 9 heteroatoms. The number of hydrogen-bond donors (Lipinski definition) is 1. The number of rotatable bonds is 4. The molecule has 3 rings (SSSR count). The molecule has 0 saturated heterocycles. The van der Waals surface area contributed by atoms with Crippen LogP contribution in [0.25, 0.3) is 10.8 Å². The van der Waals surface area contributed by atoms with Gasteiger partial charge < -0.3 is 4.90 Å². The fourth-order valence-corrected chi connectivity index (χ4v) is 3.79. The van der Waals surface area contributed by atoms with E-state index in [1.165, 1.54) is 36.4 Å². The molecule has 26 heavy (non-hydrogen) atoms. The second-order valence-electron chi connectivity index (χ2n) is 5.57. The van der Waals surface area contributed by atoms with Gasteiger partial charge in [-0.3, -0.25) is 9.52 Å². The van der Waals surface area contributed by atoms with E-state index in [4.69, 9.17) is 11.6 Å². The Kier molecular flexibility index (Phi) is 4.80. The molecule has 0 unspecified atom stereocenters. The Balaban J connectivity index is 1.95. The normalized spacial score (nSPS) is 11.3. The van der Waals surface area contributed by atoms with Crippen molar-refractivity contribution in [1.29, 1.82) is 0 Å². The van der Waals surface area contributed by atoms with Gasteiger partial charge in [0.25, 0.3) is 10.0 Å². The molecule has 134 valence electrons. The zero-order valence-electron chi connectivity index (χ0n) is 14.0. The van der Waals surface area contributed by atoms with Gasteiger partial charge in [0.1, 0.15) is 11.0 Å². The molecule has 3 aromatic rings. The van der Waals surface area contributed by atoms with Crippen LogP contribution in [-0.2, 0) is 14.8 Å². The van der Waals surface area contributed by atoms with Crippen molar-refractivity contribution in [2.45, 2.75) is 11.8 Å². The van der Waals surface area contributed by atoms with Gasteiger partial charge in [0, 0.05) is 30.9 Å². The highest BCUT2D eigenvalue weighted by Gasteiger charge is 2.18. The fraction of sp³-hybridized carbons (Fsp3) is 0.118. The van der Waals surface area contributed by atoms with Gasteiger partial charge in [-0.05, 0) is 24.3 Å². The molecule has 1 N–H and O–H groups in total. The standard InChI is InChI=1S/C17H15ClN4O3S/c1-11(23)22(2)17-7-6-13(10-20-17)21-26(24,25)15-5-3-4-12-9-19-16(18)8-14(12)15/h3-10,21H,1-2H3. The van der Waals surface area contributed by atoms with E-state index in [0.717, 1.165) is 0 Å². The van der Waals surface area contributed by atoms with Crippen LogP contribution in [0.15, 0.2) is 53.7 Å². The number of pyridine rings is 2. The van der Waals surface area contributed by atoms with Crippen LogP contribution in [0.2, 0.25) is 5.15 Å². The first-order valence-electron chi connectivity index (χ1n) is 7.55. The maximum Gasteiger partial charge on any atom is 0.262 e. The van der Waals surface area contributed by atoms with Crippen LogP contribution in [0.5, 0.6) is 0 Å². The maximum atomic E-state index is 12.8. The molecule has 0 aliphatic heterocycles. The number of anilines is 2. The molecule has 1 aromatic carbocycles. The summed E-state index contributed by atoms with van der Waals surface area (Å²) >= 11 is 5.90. The summed E-state index contributed by atoms with van der Waals surface area (Å²) in [6, 6.07) is 9.49. The van der Waals surface area contributed by atoms with E-state index in [1.54, 1.807) is 31.3 Å². The van der Waals surface area contributed by atoms with Crippen LogP contribution >= 0.6 is 11.6 Å². The molecule has 0 fully saturated rings. The van der Waals surface area contributed by atoms with Crippen LogP contribution in [0.3, 0.4) is 0 Å². The van der Waals surface area contributed by atoms with Crippen LogP contribution in [0.4, 0.5) is 11.5 Å². The highest BCUT2D eigenvalue weighted by Crippen LogP contribution is 2.26. The molecule has 7 nitrogen and oxygen atoms in total. The highest BCUT2D eigenvalue weighted by molar-refractivity contribution is 7.93. The zero-order chi connectivity index (χ0) is 18.9. The number of benzene rings is 1. The third kappa shape index (κ3) is 3.61. The second kappa shape index (κ2) is 6.89. The molecular weight excluding hydrogens is 376 g/mol. The predicted octanol–water partition coefficient (Wildman–Crippen LogP) is 3.07. The minimum atomic E-state index is -3.86. The van der Waals surface area contributed by atoms with Crippen molar-refractivity contribution >= 4 is 49.8 Å². The SMILES string of the molecule is CC(=O)N(C)c1ccc(NS(=O)(=O)c2cccc3cnc(Cl)cc23)cn1. The fourth-order valence-electron chi connectivity index (χ4n) is 2.37. The third-order valence-corrected chi connectivity index (χ3v) is 5.44. The van der Waals surface area contributed by atoms with Crippen LogP contribution in [-0.4, -0.2) is 31.3 Å². The maximum absolute atomic E-state index is 12.8. The number of halogens is 1. The number of aromatic nitrogens is 2. The smallest absolute Gasteiger partial charge is 0.262 e. The Labute approximate surface area is 155 Å². The van der Waals surface area contributed by atoms with Crippen molar-refractivity contribution < 1.29 is 13.2 Å². The second-order valence-corrected chi connectivity index (χ2v) is 7.61. The summed E-state index contributed by atoms with van der Waals surface area (Å²) in [6.45, 7) is 1.42. The Morgan fingerprint density at radius 1 is 1.15 bits per heavy atom. The van der Waals surface area contributed by atoms with E-state index < -0.39 is 10.0 Å². The van der Waals surface area contributed by atoms with E-state index >= 15 is 0 Å². The minimum absolute atomic E-state index is 0.0873. The van der Waals surface area contributed by atoms with Crippen molar-refractivity contribution in [2.24, 2.45) is 0 Å². The van der Waals surface area contributed by atoms with E-state index in [2.05, 4.69) is 14.7 Å². The number of amides is 1. The van der Waals surface area contributed by atoms with Crippen LogP contribution in [0.1, 0.15) is 6.92 Å². The molecule has 0 aliphatic carbocycles.